The SMILES string of the molecule is CCOc1cccc(N2C(=O)C(=O)/C(=C(/O)c3ccc(OC)c(C(C)(C)C)c3)C2c2ccc(OC)c(OC)c2)c1. The van der Waals surface area contributed by atoms with E-state index in [2.05, 4.69) is 0 Å². The first-order chi connectivity index (χ1) is 19.0. The molecule has 1 atom stereocenters. The Morgan fingerprint density at radius 1 is 0.875 bits per heavy atom. The fourth-order valence-corrected chi connectivity index (χ4v) is 4.92. The number of Topliss-reactive ketones (excluding diaryl/α,β-unsaturated/α-hetero) is 1. The number of amides is 1. The number of aliphatic hydroxyl groups excluding tert-OH is 1. The second-order valence-corrected chi connectivity index (χ2v) is 10.4. The van der Waals surface area contributed by atoms with Gasteiger partial charge in [0.05, 0.1) is 39.6 Å². The van der Waals surface area contributed by atoms with Crippen LogP contribution in [0.15, 0.2) is 66.2 Å². The van der Waals surface area contributed by atoms with Crippen molar-refractivity contribution in [1.82, 2.24) is 0 Å². The molecule has 1 unspecified atom stereocenters. The summed E-state index contributed by atoms with van der Waals surface area (Å²) in [5.74, 6) is 0.285. The Labute approximate surface area is 234 Å². The molecule has 8 nitrogen and oxygen atoms in total. The van der Waals surface area contributed by atoms with Gasteiger partial charge in [0, 0.05) is 22.9 Å². The number of benzene rings is 3. The number of ketones is 1. The molecule has 8 heteroatoms. The van der Waals surface area contributed by atoms with E-state index in [-0.39, 0.29) is 16.7 Å². The van der Waals surface area contributed by atoms with Crippen LogP contribution in [-0.4, -0.2) is 44.7 Å². The lowest BCUT2D eigenvalue weighted by Gasteiger charge is -2.27. The highest BCUT2D eigenvalue weighted by atomic mass is 16.5. The zero-order chi connectivity index (χ0) is 29.2. The standard InChI is InChI=1S/C32H35NO7/c1-8-40-22-11-9-10-21(18-22)33-28(19-12-15-25(38-6)26(17-19)39-7)27(30(35)31(33)36)29(34)20-13-14-24(37-5)23(16-20)32(2,3)4/h9-18,28,34H,8H2,1-7H3/b29-27+. The molecule has 1 amide bonds. The summed E-state index contributed by atoms with van der Waals surface area (Å²) in [4.78, 5) is 28.7. The number of hydrogen-bond acceptors (Lipinski definition) is 7. The van der Waals surface area contributed by atoms with Crippen molar-refractivity contribution in [3.05, 3.63) is 82.9 Å². The Bertz CT molecular complexity index is 1470. The maximum atomic E-state index is 13.7. The van der Waals surface area contributed by atoms with Crippen LogP contribution in [-0.2, 0) is 15.0 Å². The first-order valence-corrected chi connectivity index (χ1v) is 13.0. The number of nitrogens with zero attached hydrogens (tertiary/aromatic N) is 1. The van der Waals surface area contributed by atoms with Crippen molar-refractivity contribution < 1.29 is 33.6 Å². The van der Waals surface area contributed by atoms with Crippen LogP contribution in [0.3, 0.4) is 0 Å². The van der Waals surface area contributed by atoms with E-state index >= 15 is 0 Å². The normalized spacial score (nSPS) is 16.7. The molecule has 0 saturated carbocycles. The van der Waals surface area contributed by atoms with Gasteiger partial charge in [0.1, 0.15) is 17.3 Å². The third-order valence-electron chi connectivity index (χ3n) is 6.86. The fourth-order valence-electron chi connectivity index (χ4n) is 4.92. The molecule has 0 radical (unpaired) electrons. The van der Waals surface area contributed by atoms with Crippen molar-refractivity contribution >= 4 is 23.1 Å². The summed E-state index contributed by atoms with van der Waals surface area (Å²) in [6.07, 6.45) is 0. The van der Waals surface area contributed by atoms with Gasteiger partial charge in [-0.15, -0.1) is 0 Å². The van der Waals surface area contributed by atoms with Gasteiger partial charge in [-0.1, -0.05) is 32.9 Å². The second-order valence-electron chi connectivity index (χ2n) is 10.4. The monoisotopic (exact) mass is 545 g/mol. The number of rotatable bonds is 8. The predicted octanol–water partition coefficient (Wildman–Crippen LogP) is 6.03. The zero-order valence-corrected chi connectivity index (χ0v) is 23.9. The fraction of sp³-hybridized carbons (Fsp3) is 0.312. The molecule has 40 heavy (non-hydrogen) atoms. The number of methoxy groups -OCH3 is 3. The first kappa shape index (κ1) is 28.5. The molecule has 0 spiro atoms. The zero-order valence-electron chi connectivity index (χ0n) is 23.9. The van der Waals surface area contributed by atoms with Gasteiger partial charge >= 0.3 is 0 Å². The lowest BCUT2D eigenvalue weighted by molar-refractivity contribution is -0.132. The molecule has 1 N–H and O–H groups in total. The Morgan fingerprint density at radius 3 is 2.17 bits per heavy atom. The van der Waals surface area contributed by atoms with Crippen LogP contribution in [0, 0.1) is 0 Å². The number of ether oxygens (including phenoxy) is 4. The van der Waals surface area contributed by atoms with Gasteiger partial charge < -0.3 is 24.1 Å². The molecule has 0 bridgehead atoms. The average Bonchev–Trinajstić information content (AvgIpc) is 3.21. The largest absolute Gasteiger partial charge is 0.507 e. The summed E-state index contributed by atoms with van der Waals surface area (Å²) in [5, 5.41) is 11.7. The summed E-state index contributed by atoms with van der Waals surface area (Å²) >= 11 is 0. The van der Waals surface area contributed by atoms with Gasteiger partial charge in [0.15, 0.2) is 11.5 Å². The highest BCUT2D eigenvalue weighted by Crippen LogP contribution is 2.45. The minimum Gasteiger partial charge on any atom is -0.507 e. The van der Waals surface area contributed by atoms with Crippen LogP contribution >= 0.6 is 0 Å². The van der Waals surface area contributed by atoms with E-state index in [9.17, 15) is 14.7 Å². The highest BCUT2D eigenvalue weighted by Gasteiger charge is 2.47. The van der Waals surface area contributed by atoms with Crippen LogP contribution < -0.4 is 23.8 Å². The number of carbonyl (C=O) groups is 2. The Kier molecular flexibility index (Phi) is 8.09. The molecule has 1 aliphatic heterocycles. The molecule has 4 rings (SSSR count). The third kappa shape index (κ3) is 5.21. The minimum atomic E-state index is -0.947. The predicted molar refractivity (Wildman–Crippen MR) is 154 cm³/mol. The van der Waals surface area contributed by atoms with Gasteiger partial charge in [-0.25, -0.2) is 0 Å². The minimum absolute atomic E-state index is 0.0379. The number of carbonyl (C=O) groups excluding carboxylic acids is 2. The maximum absolute atomic E-state index is 13.7. The molecule has 1 aliphatic rings. The maximum Gasteiger partial charge on any atom is 0.300 e. The van der Waals surface area contributed by atoms with Crippen LogP contribution in [0.1, 0.15) is 50.4 Å². The molecule has 3 aromatic carbocycles. The molecule has 0 aromatic heterocycles. The molecule has 0 aliphatic carbocycles. The van der Waals surface area contributed by atoms with Crippen LogP contribution in [0.25, 0.3) is 5.76 Å². The molecule has 1 heterocycles. The van der Waals surface area contributed by atoms with E-state index in [1.165, 1.54) is 19.1 Å². The Morgan fingerprint density at radius 2 is 1.55 bits per heavy atom. The number of hydrogen-bond donors (Lipinski definition) is 1. The topological polar surface area (TPSA) is 94.5 Å². The van der Waals surface area contributed by atoms with Gasteiger partial charge in [0.25, 0.3) is 11.7 Å². The van der Waals surface area contributed by atoms with Crippen LogP contribution in [0.5, 0.6) is 23.0 Å². The average molecular weight is 546 g/mol. The van der Waals surface area contributed by atoms with Gasteiger partial charge in [-0.3, -0.25) is 14.5 Å². The van der Waals surface area contributed by atoms with Crippen molar-refractivity contribution in [1.29, 1.82) is 0 Å². The first-order valence-electron chi connectivity index (χ1n) is 13.0. The summed E-state index contributed by atoms with van der Waals surface area (Å²) in [7, 11) is 4.62. The van der Waals surface area contributed by atoms with E-state index in [0.717, 1.165) is 5.56 Å². The third-order valence-corrected chi connectivity index (χ3v) is 6.86. The molecule has 1 fully saturated rings. The highest BCUT2D eigenvalue weighted by molar-refractivity contribution is 6.51. The van der Waals surface area contributed by atoms with E-state index in [1.54, 1.807) is 67.8 Å². The van der Waals surface area contributed by atoms with Crippen molar-refractivity contribution in [2.45, 2.75) is 39.2 Å². The second kappa shape index (κ2) is 11.3. The lowest BCUT2D eigenvalue weighted by Crippen LogP contribution is -2.29. The summed E-state index contributed by atoms with van der Waals surface area (Å²) < 4.78 is 22.1. The smallest absolute Gasteiger partial charge is 0.300 e. The Balaban J connectivity index is 1.98. The van der Waals surface area contributed by atoms with Crippen molar-refractivity contribution in [3.63, 3.8) is 0 Å². The molecular formula is C32H35NO7. The van der Waals surface area contributed by atoms with Gasteiger partial charge in [-0.05, 0) is 60.4 Å². The van der Waals surface area contributed by atoms with E-state index in [1.807, 2.05) is 27.7 Å². The summed E-state index contributed by atoms with van der Waals surface area (Å²) in [6, 6.07) is 16.4. The molecule has 3 aromatic rings. The summed E-state index contributed by atoms with van der Waals surface area (Å²) in [5.41, 5.74) is 1.92. The molecular weight excluding hydrogens is 510 g/mol. The Hall–Kier alpha value is -4.46. The molecule has 210 valence electrons. The number of anilines is 1. The van der Waals surface area contributed by atoms with E-state index in [4.69, 9.17) is 18.9 Å². The van der Waals surface area contributed by atoms with E-state index < -0.39 is 17.7 Å². The number of aliphatic hydroxyl groups is 1. The quantitative estimate of drug-likeness (QED) is 0.210. The van der Waals surface area contributed by atoms with Crippen molar-refractivity contribution in [2.24, 2.45) is 0 Å². The van der Waals surface area contributed by atoms with Gasteiger partial charge in [0.2, 0.25) is 0 Å². The van der Waals surface area contributed by atoms with Crippen molar-refractivity contribution in [3.8, 4) is 23.0 Å². The lowest BCUT2D eigenvalue weighted by atomic mass is 9.84. The van der Waals surface area contributed by atoms with Crippen LogP contribution in [0.2, 0.25) is 0 Å². The molecule has 1 saturated heterocycles. The van der Waals surface area contributed by atoms with E-state index in [0.29, 0.717) is 46.4 Å². The van der Waals surface area contributed by atoms with Gasteiger partial charge in [-0.2, -0.15) is 0 Å². The summed E-state index contributed by atoms with van der Waals surface area (Å²) in [6.45, 7) is 8.39. The van der Waals surface area contributed by atoms with Crippen LogP contribution in [0.4, 0.5) is 5.69 Å². The van der Waals surface area contributed by atoms with Crippen molar-refractivity contribution in [2.75, 3.05) is 32.8 Å².